The van der Waals surface area contributed by atoms with Crippen molar-refractivity contribution in [3.63, 3.8) is 0 Å². The molecule has 0 bridgehead atoms. The minimum absolute atomic E-state index is 0.418. The van der Waals surface area contributed by atoms with Gasteiger partial charge in [0.2, 0.25) is 0 Å². The van der Waals surface area contributed by atoms with E-state index in [2.05, 4.69) is 73.8 Å². The molecule has 0 saturated carbocycles. The summed E-state index contributed by atoms with van der Waals surface area (Å²) in [5.74, 6) is 1.06. The maximum Gasteiger partial charge on any atom is 0.0415 e. The molecule has 0 saturated heterocycles. The van der Waals surface area contributed by atoms with Crippen LogP contribution in [0.2, 0.25) is 0 Å². The minimum atomic E-state index is 0.418. The lowest BCUT2D eigenvalue weighted by Crippen LogP contribution is -2.24. The molecule has 2 heteroatoms. The van der Waals surface area contributed by atoms with Crippen molar-refractivity contribution in [1.82, 2.24) is 5.32 Å². The molecule has 0 aliphatic heterocycles. The summed E-state index contributed by atoms with van der Waals surface area (Å²) in [6.07, 6.45) is 2.27. The molecule has 0 aliphatic carbocycles. The first-order valence-electron chi connectivity index (χ1n) is 7.83. The molecular formula is C19H25NS. The predicted molar refractivity (Wildman–Crippen MR) is 94.0 cm³/mol. The van der Waals surface area contributed by atoms with Gasteiger partial charge in [0.15, 0.2) is 0 Å². The van der Waals surface area contributed by atoms with E-state index in [1.807, 2.05) is 11.8 Å². The van der Waals surface area contributed by atoms with E-state index in [1.54, 1.807) is 0 Å². The first kappa shape index (κ1) is 16.1. The Morgan fingerprint density at radius 2 is 1.67 bits per heavy atom. The van der Waals surface area contributed by atoms with Crippen LogP contribution in [0.4, 0.5) is 0 Å². The third-order valence-corrected chi connectivity index (χ3v) is 4.70. The monoisotopic (exact) mass is 299 g/mol. The Kier molecular flexibility index (Phi) is 6.84. The van der Waals surface area contributed by atoms with Gasteiger partial charge in [-0.3, -0.25) is 0 Å². The zero-order chi connectivity index (χ0) is 14.9. The highest BCUT2D eigenvalue weighted by molar-refractivity contribution is 7.99. The van der Waals surface area contributed by atoms with Crippen molar-refractivity contribution < 1.29 is 0 Å². The predicted octanol–water partition coefficient (Wildman–Crippen LogP) is 5.08. The molecule has 1 N–H and O–H groups in total. The molecule has 1 atom stereocenters. The van der Waals surface area contributed by atoms with Crippen molar-refractivity contribution in [3.8, 4) is 0 Å². The smallest absolute Gasteiger partial charge is 0.0415 e. The van der Waals surface area contributed by atoms with Gasteiger partial charge in [-0.05, 0) is 42.6 Å². The van der Waals surface area contributed by atoms with Crippen LogP contribution < -0.4 is 5.32 Å². The summed E-state index contributed by atoms with van der Waals surface area (Å²) in [6, 6.07) is 20.1. The SMILES string of the molecule is CCCNC(CSc1ccccc1)c1ccc(CC)cc1. The van der Waals surface area contributed by atoms with E-state index in [-0.39, 0.29) is 0 Å². The fraction of sp³-hybridized carbons (Fsp3) is 0.368. The molecule has 0 heterocycles. The van der Waals surface area contributed by atoms with Crippen molar-refractivity contribution in [2.24, 2.45) is 0 Å². The Hall–Kier alpha value is -1.25. The quantitative estimate of drug-likeness (QED) is 0.682. The fourth-order valence-electron chi connectivity index (χ4n) is 2.27. The van der Waals surface area contributed by atoms with Crippen molar-refractivity contribution >= 4 is 11.8 Å². The summed E-state index contributed by atoms with van der Waals surface area (Å²) in [6.45, 7) is 5.48. The van der Waals surface area contributed by atoms with Crippen LogP contribution >= 0.6 is 11.8 Å². The molecule has 21 heavy (non-hydrogen) atoms. The Morgan fingerprint density at radius 1 is 0.952 bits per heavy atom. The molecule has 2 aromatic rings. The van der Waals surface area contributed by atoms with Crippen molar-refractivity contribution in [2.45, 2.75) is 37.6 Å². The normalized spacial score (nSPS) is 12.3. The van der Waals surface area contributed by atoms with Gasteiger partial charge in [0.1, 0.15) is 0 Å². The molecule has 0 aliphatic rings. The summed E-state index contributed by atoms with van der Waals surface area (Å²) < 4.78 is 0. The second kappa shape index (κ2) is 8.91. The lowest BCUT2D eigenvalue weighted by molar-refractivity contribution is 0.577. The van der Waals surface area contributed by atoms with E-state index in [0.29, 0.717) is 6.04 Å². The number of hydrogen-bond acceptors (Lipinski definition) is 2. The summed E-state index contributed by atoms with van der Waals surface area (Å²) in [7, 11) is 0. The average Bonchev–Trinajstić information content (AvgIpc) is 2.56. The van der Waals surface area contributed by atoms with Crippen molar-refractivity contribution in [1.29, 1.82) is 0 Å². The molecule has 0 amide bonds. The Balaban J connectivity index is 2.02. The first-order valence-corrected chi connectivity index (χ1v) is 8.82. The first-order chi connectivity index (χ1) is 10.3. The zero-order valence-electron chi connectivity index (χ0n) is 13.0. The molecule has 0 radical (unpaired) electrons. The fourth-order valence-corrected chi connectivity index (χ4v) is 3.29. The van der Waals surface area contributed by atoms with Crippen LogP contribution in [0, 0.1) is 0 Å². The molecule has 112 valence electrons. The molecule has 1 nitrogen and oxygen atoms in total. The number of nitrogens with one attached hydrogen (secondary N) is 1. The number of hydrogen-bond donors (Lipinski definition) is 1. The number of thioether (sulfide) groups is 1. The van der Waals surface area contributed by atoms with Gasteiger partial charge in [0.05, 0.1) is 0 Å². The molecular weight excluding hydrogens is 274 g/mol. The minimum Gasteiger partial charge on any atom is -0.309 e. The van der Waals surface area contributed by atoms with Crippen molar-refractivity contribution in [2.75, 3.05) is 12.3 Å². The van der Waals surface area contributed by atoms with Gasteiger partial charge in [-0.2, -0.15) is 0 Å². The van der Waals surface area contributed by atoms with E-state index in [0.717, 1.165) is 18.7 Å². The van der Waals surface area contributed by atoms with E-state index < -0.39 is 0 Å². The van der Waals surface area contributed by atoms with Crippen LogP contribution in [0.15, 0.2) is 59.5 Å². The van der Waals surface area contributed by atoms with Crippen LogP contribution in [0.3, 0.4) is 0 Å². The maximum atomic E-state index is 3.67. The molecule has 0 fully saturated rings. The third-order valence-electron chi connectivity index (χ3n) is 3.59. The van der Waals surface area contributed by atoms with Gasteiger partial charge in [-0.1, -0.05) is 56.3 Å². The second-order valence-corrected chi connectivity index (χ2v) is 6.32. The molecule has 0 spiro atoms. The topological polar surface area (TPSA) is 12.0 Å². The van der Waals surface area contributed by atoms with Gasteiger partial charge in [-0.25, -0.2) is 0 Å². The highest BCUT2D eigenvalue weighted by atomic mass is 32.2. The largest absolute Gasteiger partial charge is 0.309 e. The lowest BCUT2D eigenvalue weighted by Gasteiger charge is -2.19. The van der Waals surface area contributed by atoms with Gasteiger partial charge in [-0.15, -0.1) is 11.8 Å². The number of benzene rings is 2. The van der Waals surface area contributed by atoms with Crippen LogP contribution in [0.25, 0.3) is 0 Å². The van der Waals surface area contributed by atoms with Crippen LogP contribution in [-0.2, 0) is 6.42 Å². The zero-order valence-corrected chi connectivity index (χ0v) is 13.8. The second-order valence-electron chi connectivity index (χ2n) is 5.23. The van der Waals surface area contributed by atoms with Crippen LogP contribution in [0.5, 0.6) is 0 Å². The van der Waals surface area contributed by atoms with E-state index in [9.17, 15) is 0 Å². The summed E-state index contributed by atoms with van der Waals surface area (Å²) in [5.41, 5.74) is 2.80. The summed E-state index contributed by atoms with van der Waals surface area (Å²) >= 11 is 1.92. The molecule has 2 rings (SSSR count). The summed E-state index contributed by atoms with van der Waals surface area (Å²) in [4.78, 5) is 1.34. The average molecular weight is 299 g/mol. The van der Waals surface area contributed by atoms with E-state index >= 15 is 0 Å². The highest BCUT2D eigenvalue weighted by Crippen LogP contribution is 2.25. The van der Waals surface area contributed by atoms with E-state index in [1.165, 1.54) is 22.4 Å². The molecule has 1 unspecified atom stereocenters. The van der Waals surface area contributed by atoms with Crippen molar-refractivity contribution in [3.05, 3.63) is 65.7 Å². The summed E-state index contributed by atoms with van der Waals surface area (Å²) in [5, 5.41) is 3.67. The number of aryl methyl sites for hydroxylation is 1. The van der Waals surface area contributed by atoms with Crippen LogP contribution in [-0.4, -0.2) is 12.3 Å². The number of rotatable bonds is 8. The van der Waals surface area contributed by atoms with Gasteiger partial charge >= 0.3 is 0 Å². The van der Waals surface area contributed by atoms with Gasteiger partial charge in [0.25, 0.3) is 0 Å². The Morgan fingerprint density at radius 3 is 2.29 bits per heavy atom. The van der Waals surface area contributed by atoms with E-state index in [4.69, 9.17) is 0 Å². The Labute approximate surface area is 133 Å². The lowest BCUT2D eigenvalue weighted by atomic mass is 10.0. The third kappa shape index (κ3) is 5.22. The van der Waals surface area contributed by atoms with Gasteiger partial charge < -0.3 is 5.32 Å². The van der Waals surface area contributed by atoms with Gasteiger partial charge in [0, 0.05) is 16.7 Å². The standard InChI is InChI=1S/C19H25NS/c1-3-14-20-19(15-21-18-8-6-5-7-9-18)17-12-10-16(4-2)11-13-17/h5-13,19-20H,3-4,14-15H2,1-2H3. The Bertz CT molecular complexity index is 507. The molecule has 0 aromatic heterocycles. The highest BCUT2D eigenvalue weighted by Gasteiger charge is 2.11. The van der Waals surface area contributed by atoms with Crippen LogP contribution in [0.1, 0.15) is 37.4 Å². The maximum absolute atomic E-state index is 3.67. The molecule has 2 aromatic carbocycles.